The van der Waals surface area contributed by atoms with Gasteiger partial charge in [-0.1, -0.05) is 44.5 Å². The summed E-state index contributed by atoms with van der Waals surface area (Å²) in [6.45, 7) is 11.7. The predicted molar refractivity (Wildman–Crippen MR) is 115 cm³/mol. The van der Waals surface area contributed by atoms with E-state index < -0.39 is 5.97 Å². The summed E-state index contributed by atoms with van der Waals surface area (Å²) in [7, 11) is 0. The molecule has 0 saturated heterocycles. The Morgan fingerprint density at radius 3 is 2.24 bits per heavy atom. The molecule has 2 aromatic carbocycles. The van der Waals surface area contributed by atoms with Crippen LogP contribution >= 0.6 is 0 Å². The van der Waals surface area contributed by atoms with Gasteiger partial charge in [-0.15, -0.1) is 0 Å². The van der Waals surface area contributed by atoms with Gasteiger partial charge in [0.05, 0.1) is 6.61 Å². The molecule has 0 aliphatic heterocycles. The number of aryl methyl sites for hydroxylation is 1. The Morgan fingerprint density at radius 1 is 0.966 bits per heavy atom. The van der Waals surface area contributed by atoms with E-state index in [-0.39, 0.29) is 5.41 Å². The van der Waals surface area contributed by atoms with Crippen LogP contribution in [-0.2, 0) is 10.2 Å². The third-order valence-electron chi connectivity index (χ3n) is 4.23. The highest BCUT2D eigenvalue weighted by molar-refractivity contribution is 5.85. The Hall–Kier alpha value is -2.95. The van der Waals surface area contributed by atoms with Gasteiger partial charge < -0.3 is 19.3 Å². The molecule has 0 radical (unpaired) electrons. The van der Waals surface area contributed by atoms with Gasteiger partial charge in [0.2, 0.25) is 0 Å². The molecule has 0 heterocycles. The number of rotatable bonds is 9. The second kappa shape index (κ2) is 10.0. The van der Waals surface area contributed by atoms with Gasteiger partial charge in [0.15, 0.2) is 11.5 Å². The molecule has 0 aromatic heterocycles. The normalized spacial score (nSPS) is 11.5. The average molecular weight is 398 g/mol. The van der Waals surface area contributed by atoms with E-state index in [1.165, 1.54) is 17.2 Å². The molecule has 0 aliphatic carbocycles. The number of hydrogen-bond donors (Lipinski definition) is 1. The summed E-state index contributed by atoms with van der Waals surface area (Å²) in [4.78, 5) is 10.7. The minimum atomic E-state index is -0.994. The van der Waals surface area contributed by atoms with E-state index in [4.69, 9.17) is 19.3 Å². The van der Waals surface area contributed by atoms with Crippen LogP contribution in [-0.4, -0.2) is 30.9 Å². The molecule has 0 amide bonds. The fourth-order valence-electron chi connectivity index (χ4n) is 2.84. The second-order valence-corrected chi connectivity index (χ2v) is 7.76. The molecular formula is C24H30O5. The maximum Gasteiger partial charge on any atom is 0.328 e. The highest BCUT2D eigenvalue weighted by Gasteiger charge is 2.19. The van der Waals surface area contributed by atoms with Gasteiger partial charge in [0.1, 0.15) is 19.0 Å². The Labute approximate surface area is 172 Å². The zero-order chi connectivity index (χ0) is 21.4. The predicted octanol–water partition coefficient (Wildman–Crippen LogP) is 5.25. The molecule has 0 saturated carbocycles. The van der Waals surface area contributed by atoms with Gasteiger partial charge in [0.25, 0.3) is 0 Å². The summed E-state index contributed by atoms with van der Waals surface area (Å²) in [5, 5.41) is 8.77. The van der Waals surface area contributed by atoms with Crippen molar-refractivity contribution in [1.82, 2.24) is 0 Å². The van der Waals surface area contributed by atoms with Crippen molar-refractivity contribution in [3.05, 3.63) is 59.2 Å². The van der Waals surface area contributed by atoms with E-state index in [1.807, 2.05) is 19.1 Å². The molecule has 1 N–H and O–H groups in total. The van der Waals surface area contributed by atoms with Crippen molar-refractivity contribution in [2.75, 3.05) is 19.8 Å². The number of carbonyl (C=O) groups is 1. The van der Waals surface area contributed by atoms with Gasteiger partial charge >= 0.3 is 5.97 Å². The molecule has 0 atom stereocenters. The van der Waals surface area contributed by atoms with E-state index in [0.29, 0.717) is 31.3 Å². The van der Waals surface area contributed by atoms with Crippen molar-refractivity contribution >= 4 is 12.0 Å². The van der Waals surface area contributed by atoms with E-state index in [2.05, 4.69) is 33.8 Å². The van der Waals surface area contributed by atoms with Crippen molar-refractivity contribution in [2.24, 2.45) is 0 Å². The van der Waals surface area contributed by atoms with Gasteiger partial charge in [-0.3, -0.25) is 0 Å². The molecule has 0 bridgehead atoms. The Morgan fingerprint density at radius 2 is 1.62 bits per heavy atom. The van der Waals surface area contributed by atoms with E-state index in [0.717, 1.165) is 17.4 Å². The summed E-state index contributed by atoms with van der Waals surface area (Å²) in [6, 6.07) is 11.5. The first kappa shape index (κ1) is 22.3. The van der Waals surface area contributed by atoms with Gasteiger partial charge in [-0.05, 0) is 54.7 Å². The third kappa shape index (κ3) is 6.86. The van der Waals surface area contributed by atoms with Crippen molar-refractivity contribution in [3.8, 4) is 17.2 Å². The molecule has 29 heavy (non-hydrogen) atoms. The van der Waals surface area contributed by atoms with Crippen LogP contribution in [0.3, 0.4) is 0 Å². The lowest BCUT2D eigenvalue weighted by Gasteiger charge is -2.23. The van der Waals surface area contributed by atoms with E-state index in [1.54, 1.807) is 18.2 Å². The van der Waals surface area contributed by atoms with Crippen LogP contribution in [0.25, 0.3) is 6.08 Å². The van der Waals surface area contributed by atoms with Crippen LogP contribution < -0.4 is 14.2 Å². The monoisotopic (exact) mass is 398 g/mol. The number of carboxylic acids is 1. The maximum absolute atomic E-state index is 10.7. The van der Waals surface area contributed by atoms with Crippen molar-refractivity contribution in [2.45, 2.75) is 40.0 Å². The standard InChI is InChI=1S/C24H30O5/c1-6-27-22-16-18(9-12-23(25)26)8-11-21(22)29-14-13-28-20-10-7-17(2)15-19(20)24(3,4)5/h7-12,15-16H,6,13-14H2,1-5H3,(H,25,26). The number of aliphatic carboxylic acids is 1. The second-order valence-electron chi connectivity index (χ2n) is 7.76. The number of ether oxygens (including phenoxy) is 3. The first-order valence-corrected chi connectivity index (χ1v) is 9.75. The van der Waals surface area contributed by atoms with E-state index in [9.17, 15) is 4.79 Å². The van der Waals surface area contributed by atoms with Crippen LogP contribution in [0, 0.1) is 6.92 Å². The SMILES string of the molecule is CCOc1cc(C=CC(=O)O)ccc1OCCOc1ccc(C)cc1C(C)(C)C. The number of benzene rings is 2. The van der Waals surface area contributed by atoms with Gasteiger partial charge in [-0.25, -0.2) is 4.79 Å². The van der Waals surface area contributed by atoms with E-state index >= 15 is 0 Å². The summed E-state index contributed by atoms with van der Waals surface area (Å²) in [5.41, 5.74) is 3.09. The number of hydrogen-bond acceptors (Lipinski definition) is 4. The summed E-state index contributed by atoms with van der Waals surface area (Å²) >= 11 is 0. The van der Waals surface area contributed by atoms with Crippen LogP contribution in [0.15, 0.2) is 42.5 Å². The molecule has 0 spiro atoms. The summed E-state index contributed by atoms with van der Waals surface area (Å²) in [5.74, 6) is 1.05. The molecule has 5 heteroatoms. The first-order chi connectivity index (χ1) is 13.7. The van der Waals surface area contributed by atoms with Crippen LogP contribution in [0.2, 0.25) is 0 Å². The quantitative estimate of drug-likeness (QED) is 0.462. The minimum absolute atomic E-state index is 0.0103. The fraction of sp³-hybridized carbons (Fsp3) is 0.375. The minimum Gasteiger partial charge on any atom is -0.490 e. The summed E-state index contributed by atoms with van der Waals surface area (Å²) in [6.07, 6.45) is 2.61. The Kier molecular flexibility index (Phi) is 7.71. The lowest BCUT2D eigenvalue weighted by atomic mass is 9.85. The van der Waals surface area contributed by atoms with Crippen molar-refractivity contribution in [3.63, 3.8) is 0 Å². The fourth-order valence-corrected chi connectivity index (χ4v) is 2.84. The molecule has 5 nitrogen and oxygen atoms in total. The van der Waals surface area contributed by atoms with Crippen LogP contribution in [0.5, 0.6) is 17.2 Å². The molecule has 2 rings (SSSR count). The molecule has 0 unspecified atom stereocenters. The molecule has 0 aliphatic rings. The molecule has 156 valence electrons. The molecule has 0 fully saturated rings. The number of carboxylic acid groups (broad SMARTS) is 1. The largest absolute Gasteiger partial charge is 0.490 e. The van der Waals surface area contributed by atoms with Crippen molar-refractivity contribution < 1.29 is 24.1 Å². The Bertz CT molecular complexity index is 862. The third-order valence-corrected chi connectivity index (χ3v) is 4.23. The lowest BCUT2D eigenvalue weighted by molar-refractivity contribution is -0.131. The highest BCUT2D eigenvalue weighted by Crippen LogP contribution is 2.32. The average Bonchev–Trinajstić information content (AvgIpc) is 2.65. The van der Waals surface area contributed by atoms with Crippen LogP contribution in [0.1, 0.15) is 44.4 Å². The molecule has 2 aromatic rings. The van der Waals surface area contributed by atoms with Crippen molar-refractivity contribution in [1.29, 1.82) is 0 Å². The first-order valence-electron chi connectivity index (χ1n) is 9.75. The van der Waals surface area contributed by atoms with Gasteiger partial charge in [0, 0.05) is 6.08 Å². The van der Waals surface area contributed by atoms with Crippen LogP contribution in [0.4, 0.5) is 0 Å². The zero-order valence-corrected chi connectivity index (χ0v) is 17.8. The zero-order valence-electron chi connectivity index (χ0n) is 17.8. The molecular weight excluding hydrogens is 368 g/mol. The lowest BCUT2D eigenvalue weighted by Crippen LogP contribution is -2.16. The summed E-state index contributed by atoms with van der Waals surface area (Å²) < 4.78 is 17.5. The Balaban J connectivity index is 2.03. The van der Waals surface area contributed by atoms with Gasteiger partial charge in [-0.2, -0.15) is 0 Å². The topological polar surface area (TPSA) is 65.0 Å². The smallest absolute Gasteiger partial charge is 0.328 e. The maximum atomic E-state index is 10.7. The highest BCUT2D eigenvalue weighted by atomic mass is 16.5.